The van der Waals surface area contributed by atoms with Crippen LogP contribution in [0.15, 0.2) is 0 Å². The Morgan fingerprint density at radius 3 is 1.18 bits per heavy atom. The number of ether oxygens (including phenoxy) is 8. The molecule has 0 saturated heterocycles. The molecule has 169 valence electrons. The highest BCUT2D eigenvalue weighted by atomic mass is 35.7. The number of rotatable bonds is 22. The quantitative estimate of drug-likeness (QED) is 0.104. The predicted molar refractivity (Wildman–Crippen MR) is 109 cm³/mol. The van der Waals surface area contributed by atoms with Crippen molar-refractivity contribution in [2.75, 3.05) is 93.5 Å². The van der Waals surface area contributed by atoms with Crippen LogP contribution in [0, 0.1) is 0 Å². The van der Waals surface area contributed by atoms with Crippen LogP contribution >= 0.6 is 22.2 Å². The van der Waals surface area contributed by atoms with Crippen LogP contribution in [0.1, 0.15) is 13.3 Å². The smallest absolute Gasteiger partial charge is 0.340 e. The monoisotopic (exact) mass is 465 g/mol. The maximum Gasteiger partial charge on any atom is 0.340 e. The molecule has 0 amide bonds. The van der Waals surface area contributed by atoms with Gasteiger partial charge >= 0.3 is 7.42 Å². The van der Waals surface area contributed by atoms with Gasteiger partial charge in [-0.05, 0) is 6.42 Å². The molecule has 0 aliphatic carbocycles. The standard InChI is InChI=1S/C17H35Cl2O8Si/c1-4-17(28(18)19,26-15-13-24-11-9-22-7-5-20-2)27-16-14-25-12-10-23-8-6-21-3/h4-16H2,1-3H3. The fourth-order valence-electron chi connectivity index (χ4n) is 1.95. The average Bonchev–Trinajstić information content (AvgIpc) is 2.69. The molecule has 0 unspecified atom stereocenters. The second-order valence-electron chi connectivity index (χ2n) is 5.50. The van der Waals surface area contributed by atoms with Crippen LogP contribution in [-0.2, 0) is 37.9 Å². The fourth-order valence-corrected chi connectivity index (χ4v) is 4.09. The van der Waals surface area contributed by atoms with E-state index in [1.165, 1.54) is 0 Å². The van der Waals surface area contributed by atoms with Crippen LogP contribution in [0.4, 0.5) is 0 Å². The lowest BCUT2D eigenvalue weighted by atomic mass is 10.4. The van der Waals surface area contributed by atoms with Gasteiger partial charge in [0.2, 0.25) is 0 Å². The van der Waals surface area contributed by atoms with Crippen molar-refractivity contribution in [3.63, 3.8) is 0 Å². The zero-order chi connectivity index (χ0) is 20.9. The van der Waals surface area contributed by atoms with Gasteiger partial charge in [-0.3, -0.25) is 0 Å². The van der Waals surface area contributed by atoms with E-state index in [0.717, 1.165) is 0 Å². The highest BCUT2D eigenvalue weighted by Gasteiger charge is 2.40. The first kappa shape index (κ1) is 28.5. The molecule has 8 nitrogen and oxygen atoms in total. The first-order valence-electron chi connectivity index (χ1n) is 9.38. The maximum absolute atomic E-state index is 6.19. The molecule has 0 rings (SSSR count). The topological polar surface area (TPSA) is 73.8 Å². The summed E-state index contributed by atoms with van der Waals surface area (Å²) in [5.74, 6) is 0. The van der Waals surface area contributed by atoms with Crippen molar-refractivity contribution in [2.24, 2.45) is 0 Å². The van der Waals surface area contributed by atoms with Crippen molar-refractivity contribution in [1.29, 1.82) is 0 Å². The van der Waals surface area contributed by atoms with E-state index in [1.807, 2.05) is 6.92 Å². The van der Waals surface area contributed by atoms with Crippen molar-refractivity contribution in [3.8, 4) is 0 Å². The summed E-state index contributed by atoms with van der Waals surface area (Å²) in [6.07, 6.45) is 0.536. The second kappa shape index (κ2) is 20.7. The number of hydrogen-bond donors (Lipinski definition) is 0. The minimum atomic E-state index is -1.89. The molecule has 0 N–H and O–H groups in total. The van der Waals surface area contributed by atoms with Gasteiger partial charge in [-0.2, -0.15) is 0 Å². The summed E-state index contributed by atoms with van der Waals surface area (Å²) in [5, 5.41) is 0. The van der Waals surface area contributed by atoms with E-state index in [2.05, 4.69) is 0 Å². The summed E-state index contributed by atoms with van der Waals surface area (Å²) >= 11 is 12.4. The van der Waals surface area contributed by atoms with Crippen LogP contribution in [0.5, 0.6) is 0 Å². The molecule has 28 heavy (non-hydrogen) atoms. The first-order chi connectivity index (χ1) is 13.6. The Hall–Kier alpha value is 0.477. The van der Waals surface area contributed by atoms with Crippen LogP contribution < -0.4 is 0 Å². The molecule has 1 radical (unpaired) electrons. The zero-order valence-electron chi connectivity index (χ0n) is 17.2. The summed E-state index contributed by atoms with van der Waals surface area (Å²) in [5.41, 5.74) is -0.996. The second-order valence-corrected chi connectivity index (χ2v) is 9.63. The molecule has 11 heteroatoms. The van der Waals surface area contributed by atoms with Gasteiger partial charge in [-0.25, -0.2) is 0 Å². The summed E-state index contributed by atoms with van der Waals surface area (Å²) in [7, 11) is 1.38. The maximum atomic E-state index is 6.19. The molecular formula is C17H35Cl2O8Si. The highest BCUT2D eigenvalue weighted by molar-refractivity contribution is 7.34. The van der Waals surface area contributed by atoms with Gasteiger partial charge in [0.1, 0.15) is 0 Å². The lowest BCUT2D eigenvalue weighted by molar-refractivity contribution is -0.195. The van der Waals surface area contributed by atoms with E-state index in [-0.39, 0.29) is 0 Å². The molecule has 0 aromatic rings. The summed E-state index contributed by atoms with van der Waals surface area (Å²) in [4.78, 5) is 0. The zero-order valence-corrected chi connectivity index (χ0v) is 19.7. The Morgan fingerprint density at radius 2 is 0.893 bits per heavy atom. The third-order valence-electron chi connectivity index (χ3n) is 3.49. The van der Waals surface area contributed by atoms with Gasteiger partial charge in [-0.15, -0.1) is 22.2 Å². The molecule has 0 bridgehead atoms. The van der Waals surface area contributed by atoms with E-state index in [4.69, 9.17) is 60.1 Å². The summed E-state index contributed by atoms with van der Waals surface area (Å²) in [6, 6.07) is 0. The minimum Gasteiger partial charge on any atom is -0.382 e. The van der Waals surface area contributed by atoms with E-state index < -0.39 is 12.8 Å². The van der Waals surface area contributed by atoms with Crippen molar-refractivity contribution < 1.29 is 37.9 Å². The number of methoxy groups -OCH3 is 2. The average molecular weight is 466 g/mol. The SMILES string of the molecule is CCC(OCCOCCOCCOC)(OCCOCCOCCOC)[Si](Cl)Cl. The van der Waals surface area contributed by atoms with Gasteiger partial charge in [0.15, 0.2) is 5.41 Å². The van der Waals surface area contributed by atoms with Crippen molar-refractivity contribution >= 4 is 29.6 Å². The first-order valence-corrected chi connectivity index (χ1v) is 12.9. The van der Waals surface area contributed by atoms with Crippen molar-refractivity contribution in [1.82, 2.24) is 0 Å². The molecule has 0 aliphatic heterocycles. The van der Waals surface area contributed by atoms with Crippen molar-refractivity contribution in [3.05, 3.63) is 0 Å². The molecule has 0 spiro atoms. The van der Waals surface area contributed by atoms with E-state index >= 15 is 0 Å². The van der Waals surface area contributed by atoms with Gasteiger partial charge in [0.25, 0.3) is 0 Å². The van der Waals surface area contributed by atoms with Crippen molar-refractivity contribution in [2.45, 2.75) is 18.8 Å². The Morgan fingerprint density at radius 1 is 0.571 bits per heavy atom. The van der Waals surface area contributed by atoms with Gasteiger partial charge in [0, 0.05) is 14.2 Å². The van der Waals surface area contributed by atoms with Crippen LogP contribution in [0.25, 0.3) is 0 Å². The van der Waals surface area contributed by atoms with Crippen LogP contribution in [-0.4, -0.2) is 106 Å². The molecule has 0 heterocycles. The molecule has 0 aliphatic rings. The minimum absolute atomic E-state index is 0.327. The lowest BCUT2D eigenvalue weighted by Gasteiger charge is -2.32. The predicted octanol–water partition coefficient (Wildman–Crippen LogP) is 1.99. The summed E-state index contributed by atoms with van der Waals surface area (Å²) < 4.78 is 43.0. The van der Waals surface area contributed by atoms with E-state index in [9.17, 15) is 0 Å². The Kier molecular flexibility index (Phi) is 21.1. The number of hydrogen-bond acceptors (Lipinski definition) is 8. The largest absolute Gasteiger partial charge is 0.382 e. The van der Waals surface area contributed by atoms with Crippen LogP contribution in [0.2, 0.25) is 0 Å². The molecular weight excluding hydrogens is 431 g/mol. The molecule has 0 aromatic carbocycles. The Bertz CT molecular complexity index is 308. The summed E-state index contributed by atoms with van der Waals surface area (Å²) in [6.45, 7) is 7.58. The third kappa shape index (κ3) is 15.3. The number of halogens is 2. The Labute approximate surface area is 179 Å². The third-order valence-corrected chi connectivity index (χ3v) is 6.43. The normalized spacial score (nSPS) is 12.2. The fraction of sp³-hybridized carbons (Fsp3) is 1.00. The Balaban J connectivity index is 3.85. The lowest BCUT2D eigenvalue weighted by Crippen LogP contribution is -2.46. The molecule has 0 aromatic heterocycles. The molecule has 0 saturated carbocycles. The van der Waals surface area contributed by atoms with E-state index in [0.29, 0.717) is 85.7 Å². The highest BCUT2D eigenvalue weighted by Crippen LogP contribution is 2.26. The van der Waals surface area contributed by atoms with Gasteiger partial charge in [-0.1, -0.05) is 6.92 Å². The molecule has 0 atom stereocenters. The van der Waals surface area contributed by atoms with Gasteiger partial charge < -0.3 is 37.9 Å². The molecule has 0 fully saturated rings. The van der Waals surface area contributed by atoms with Crippen LogP contribution in [0.3, 0.4) is 0 Å². The van der Waals surface area contributed by atoms with Gasteiger partial charge in [0.05, 0.1) is 79.3 Å². The van der Waals surface area contributed by atoms with E-state index in [1.54, 1.807) is 14.2 Å².